The van der Waals surface area contributed by atoms with Crippen LogP contribution in [0.4, 0.5) is 0 Å². The molecule has 1 unspecified atom stereocenters. The van der Waals surface area contributed by atoms with E-state index in [-0.39, 0.29) is 0 Å². The normalized spacial score (nSPS) is 23.8. The predicted molar refractivity (Wildman–Crippen MR) is 105 cm³/mol. The van der Waals surface area contributed by atoms with E-state index >= 15 is 0 Å². The smallest absolute Gasteiger partial charge is 0.187 e. The topological polar surface area (TPSA) is 36.4 Å². The lowest BCUT2D eigenvalue weighted by molar-refractivity contribution is 0.274. The van der Waals surface area contributed by atoms with Gasteiger partial charge >= 0.3 is 0 Å². The van der Waals surface area contributed by atoms with E-state index in [9.17, 15) is 0 Å². The molecule has 4 heteroatoms. The molecule has 0 aromatic heterocycles. The second kappa shape index (κ2) is 9.16. The van der Waals surface area contributed by atoms with Gasteiger partial charge in [-0.05, 0) is 55.8 Å². The molecule has 2 aliphatic carbocycles. The minimum absolute atomic E-state index is 0.624. The fraction of sp³-hybridized carbons (Fsp3) is 0.600. The summed E-state index contributed by atoms with van der Waals surface area (Å²) >= 11 is 5.39. The monoisotopic (exact) mass is 343 g/mol. The third-order valence-corrected chi connectivity index (χ3v) is 5.68. The highest BCUT2D eigenvalue weighted by molar-refractivity contribution is 7.80. The van der Waals surface area contributed by atoms with Crippen LogP contribution in [-0.4, -0.2) is 10.8 Å². The molecule has 1 atom stereocenters. The van der Waals surface area contributed by atoms with E-state index in [1.54, 1.807) is 0 Å². The molecule has 130 valence electrons. The molecule has 0 aliphatic heterocycles. The lowest BCUT2D eigenvalue weighted by Gasteiger charge is -2.34. The quantitative estimate of drug-likeness (QED) is 0.610. The zero-order valence-electron chi connectivity index (χ0n) is 14.5. The number of hydrogen-bond acceptors (Lipinski definition) is 2. The standard InChI is InChI=1S/C20H29N3S/c24-20(21-15-16-9-3-1-4-10-16)23-22-19-14-8-7-13-18(19)17-11-5-2-6-12-17/h1,3-4,9-10,17-18H,2,5-8,11-15H2,(H2,21,23,24)/b22-19-. The van der Waals surface area contributed by atoms with Crippen LogP contribution in [0.15, 0.2) is 35.4 Å². The second-order valence-electron chi connectivity index (χ2n) is 7.13. The summed E-state index contributed by atoms with van der Waals surface area (Å²) in [5.74, 6) is 1.54. The highest BCUT2D eigenvalue weighted by Gasteiger charge is 2.29. The van der Waals surface area contributed by atoms with Crippen LogP contribution in [-0.2, 0) is 6.54 Å². The summed E-state index contributed by atoms with van der Waals surface area (Å²) in [5, 5.41) is 8.59. The van der Waals surface area contributed by atoms with E-state index < -0.39 is 0 Å². The summed E-state index contributed by atoms with van der Waals surface area (Å²) in [6.45, 7) is 0.740. The number of hydrazone groups is 1. The van der Waals surface area contributed by atoms with Crippen molar-refractivity contribution in [2.45, 2.75) is 64.3 Å². The van der Waals surface area contributed by atoms with Crippen LogP contribution >= 0.6 is 12.2 Å². The summed E-state index contributed by atoms with van der Waals surface area (Å²) in [7, 11) is 0. The van der Waals surface area contributed by atoms with Gasteiger partial charge in [0.25, 0.3) is 0 Å². The van der Waals surface area contributed by atoms with E-state index in [0.29, 0.717) is 11.0 Å². The van der Waals surface area contributed by atoms with Crippen LogP contribution in [0.3, 0.4) is 0 Å². The highest BCUT2D eigenvalue weighted by atomic mass is 32.1. The van der Waals surface area contributed by atoms with E-state index in [1.165, 1.54) is 62.6 Å². The largest absolute Gasteiger partial charge is 0.357 e. The Morgan fingerprint density at radius 1 is 1.00 bits per heavy atom. The molecule has 1 aromatic rings. The lowest BCUT2D eigenvalue weighted by atomic mass is 9.72. The molecule has 0 bridgehead atoms. The molecule has 3 nitrogen and oxygen atoms in total. The Morgan fingerprint density at radius 2 is 1.75 bits per heavy atom. The maximum absolute atomic E-state index is 5.39. The van der Waals surface area contributed by atoms with Gasteiger partial charge in [-0.3, -0.25) is 5.43 Å². The average Bonchev–Trinajstić information content (AvgIpc) is 2.66. The van der Waals surface area contributed by atoms with Crippen molar-refractivity contribution in [1.82, 2.24) is 10.7 Å². The zero-order valence-corrected chi connectivity index (χ0v) is 15.3. The molecule has 0 spiro atoms. The molecule has 2 saturated carbocycles. The van der Waals surface area contributed by atoms with Crippen molar-refractivity contribution in [3.63, 3.8) is 0 Å². The fourth-order valence-electron chi connectivity index (χ4n) is 4.15. The van der Waals surface area contributed by atoms with E-state index in [4.69, 9.17) is 17.3 Å². The first-order chi connectivity index (χ1) is 11.8. The number of benzene rings is 1. The van der Waals surface area contributed by atoms with Crippen LogP contribution in [0, 0.1) is 11.8 Å². The Morgan fingerprint density at radius 3 is 2.54 bits per heavy atom. The van der Waals surface area contributed by atoms with Gasteiger partial charge in [-0.25, -0.2) is 0 Å². The third kappa shape index (κ3) is 5.04. The van der Waals surface area contributed by atoms with E-state index in [0.717, 1.165) is 18.9 Å². The van der Waals surface area contributed by atoms with Gasteiger partial charge in [0.2, 0.25) is 0 Å². The maximum atomic E-state index is 5.39. The molecular formula is C20H29N3S. The number of rotatable bonds is 4. The Bertz CT molecular complexity index is 549. The van der Waals surface area contributed by atoms with Gasteiger partial charge in [-0.2, -0.15) is 5.10 Å². The predicted octanol–water partition coefficient (Wildman–Crippen LogP) is 4.78. The van der Waals surface area contributed by atoms with Crippen LogP contribution < -0.4 is 10.7 Å². The zero-order chi connectivity index (χ0) is 16.6. The van der Waals surface area contributed by atoms with Crippen molar-refractivity contribution >= 4 is 23.0 Å². The van der Waals surface area contributed by atoms with Gasteiger partial charge < -0.3 is 5.32 Å². The molecule has 3 rings (SSSR count). The molecule has 0 radical (unpaired) electrons. The molecule has 1 aromatic carbocycles. The van der Waals surface area contributed by atoms with E-state index in [1.807, 2.05) is 18.2 Å². The van der Waals surface area contributed by atoms with Crippen LogP contribution in [0.1, 0.15) is 63.4 Å². The van der Waals surface area contributed by atoms with Crippen molar-refractivity contribution in [2.24, 2.45) is 16.9 Å². The highest BCUT2D eigenvalue weighted by Crippen LogP contribution is 2.36. The summed E-state index contributed by atoms with van der Waals surface area (Å²) < 4.78 is 0. The maximum Gasteiger partial charge on any atom is 0.187 e. The van der Waals surface area contributed by atoms with Crippen molar-refractivity contribution < 1.29 is 0 Å². The first-order valence-corrected chi connectivity index (χ1v) is 9.88. The molecule has 0 saturated heterocycles. The van der Waals surface area contributed by atoms with Gasteiger partial charge in [-0.15, -0.1) is 0 Å². The Kier molecular flexibility index (Phi) is 6.65. The summed E-state index contributed by atoms with van der Waals surface area (Å²) in [5.41, 5.74) is 5.69. The summed E-state index contributed by atoms with van der Waals surface area (Å²) in [4.78, 5) is 0. The van der Waals surface area contributed by atoms with Gasteiger partial charge in [0.15, 0.2) is 5.11 Å². The molecular weight excluding hydrogens is 314 g/mol. The van der Waals surface area contributed by atoms with Crippen LogP contribution in [0.5, 0.6) is 0 Å². The minimum Gasteiger partial charge on any atom is -0.357 e. The van der Waals surface area contributed by atoms with Gasteiger partial charge in [0, 0.05) is 18.2 Å². The second-order valence-corrected chi connectivity index (χ2v) is 7.54. The Balaban J connectivity index is 1.52. The molecule has 2 aliphatic rings. The first kappa shape index (κ1) is 17.4. The van der Waals surface area contributed by atoms with Crippen molar-refractivity contribution in [2.75, 3.05) is 0 Å². The lowest BCUT2D eigenvalue weighted by Crippen LogP contribution is -2.35. The number of nitrogens with zero attached hydrogens (tertiary/aromatic N) is 1. The average molecular weight is 344 g/mol. The minimum atomic E-state index is 0.624. The SMILES string of the molecule is S=C(NCc1ccccc1)N/N=C1/CCCCC1C1CCCCC1. The molecule has 0 amide bonds. The van der Waals surface area contributed by atoms with Crippen LogP contribution in [0.25, 0.3) is 0 Å². The number of hydrogen-bond donors (Lipinski definition) is 2. The summed E-state index contributed by atoms with van der Waals surface area (Å²) in [6.07, 6.45) is 12.1. The van der Waals surface area contributed by atoms with Crippen molar-refractivity contribution in [3.8, 4) is 0 Å². The number of thiocarbonyl (C=S) groups is 1. The van der Waals surface area contributed by atoms with E-state index in [2.05, 4.69) is 22.9 Å². The van der Waals surface area contributed by atoms with Crippen molar-refractivity contribution in [3.05, 3.63) is 35.9 Å². The molecule has 2 N–H and O–H groups in total. The number of nitrogens with one attached hydrogen (secondary N) is 2. The Hall–Kier alpha value is -1.42. The van der Waals surface area contributed by atoms with Gasteiger partial charge in [0.05, 0.1) is 0 Å². The van der Waals surface area contributed by atoms with Crippen molar-refractivity contribution in [1.29, 1.82) is 0 Å². The molecule has 2 fully saturated rings. The van der Waals surface area contributed by atoms with Gasteiger partial charge in [0.1, 0.15) is 0 Å². The van der Waals surface area contributed by atoms with Gasteiger partial charge in [-0.1, -0.05) is 56.0 Å². The Labute approximate surface area is 151 Å². The van der Waals surface area contributed by atoms with Crippen LogP contribution in [0.2, 0.25) is 0 Å². The molecule has 0 heterocycles. The third-order valence-electron chi connectivity index (χ3n) is 5.44. The first-order valence-electron chi connectivity index (χ1n) is 9.47. The fourth-order valence-corrected chi connectivity index (χ4v) is 4.26. The molecule has 24 heavy (non-hydrogen) atoms. The summed E-state index contributed by atoms with van der Waals surface area (Å²) in [6, 6.07) is 10.3.